The van der Waals surface area contributed by atoms with E-state index in [4.69, 9.17) is 9.15 Å². The smallest absolute Gasteiger partial charge is 0.413 e. The number of ether oxygens (including phenoxy) is 1. The summed E-state index contributed by atoms with van der Waals surface area (Å²) >= 11 is 0. The highest BCUT2D eigenvalue weighted by Gasteiger charge is 2.19. The highest BCUT2D eigenvalue weighted by Crippen LogP contribution is 2.30. The molecule has 1 amide bonds. The normalized spacial score (nSPS) is 12.4. The molecule has 4 heterocycles. The summed E-state index contributed by atoms with van der Waals surface area (Å²) in [6, 6.07) is 4.01. The summed E-state index contributed by atoms with van der Waals surface area (Å²) in [4.78, 5) is 28.2. The third kappa shape index (κ3) is 3.35. The SMILES string of the molecule is CC(NC(=O)Oc1c[nH]c2ncc(-c3nn(C)c4cc(F)ccc34)nc12)c1cocn1. The standard InChI is InChI=1S/C20H16FN7O3/c1-10(14-8-30-9-24-14)25-20(29)31-16-7-23-19-18(16)26-13(6-22-19)17-12-4-3-11(21)5-15(12)28(2)27-17/h3-10H,1-2H3,(H,22,23)(H,25,29). The van der Waals surface area contributed by atoms with Gasteiger partial charge in [-0.1, -0.05) is 0 Å². The van der Waals surface area contributed by atoms with E-state index in [2.05, 4.69) is 30.4 Å². The van der Waals surface area contributed by atoms with Crippen molar-refractivity contribution in [3.63, 3.8) is 0 Å². The Kier molecular flexibility index (Phi) is 4.35. The molecule has 4 aromatic heterocycles. The van der Waals surface area contributed by atoms with Crippen LogP contribution in [0.4, 0.5) is 9.18 Å². The number of aromatic amines is 1. The number of nitrogens with zero attached hydrogens (tertiary/aromatic N) is 5. The van der Waals surface area contributed by atoms with E-state index in [-0.39, 0.29) is 11.6 Å². The zero-order chi connectivity index (χ0) is 21.5. The van der Waals surface area contributed by atoms with Crippen LogP contribution in [0, 0.1) is 5.82 Å². The molecule has 0 spiro atoms. The largest absolute Gasteiger partial charge is 0.451 e. The lowest BCUT2D eigenvalue weighted by Gasteiger charge is -2.10. The molecule has 0 radical (unpaired) electrons. The average molecular weight is 421 g/mol. The third-order valence-electron chi connectivity index (χ3n) is 4.83. The van der Waals surface area contributed by atoms with Crippen LogP contribution < -0.4 is 10.1 Å². The molecule has 1 unspecified atom stereocenters. The number of amides is 1. The second kappa shape index (κ2) is 7.20. The predicted molar refractivity (Wildman–Crippen MR) is 108 cm³/mol. The molecule has 5 aromatic rings. The van der Waals surface area contributed by atoms with Crippen LogP contribution in [-0.4, -0.2) is 35.8 Å². The van der Waals surface area contributed by atoms with Crippen molar-refractivity contribution < 1.29 is 18.3 Å². The second-order valence-electron chi connectivity index (χ2n) is 6.91. The number of benzene rings is 1. The van der Waals surface area contributed by atoms with Gasteiger partial charge in [0.2, 0.25) is 0 Å². The number of nitrogens with one attached hydrogen (secondary N) is 2. The summed E-state index contributed by atoms with van der Waals surface area (Å²) in [6.45, 7) is 1.75. The molecule has 1 atom stereocenters. The van der Waals surface area contributed by atoms with E-state index in [1.165, 1.54) is 31.0 Å². The van der Waals surface area contributed by atoms with Crippen molar-refractivity contribution in [1.29, 1.82) is 0 Å². The van der Waals surface area contributed by atoms with Crippen molar-refractivity contribution >= 4 is 28.2 Å². The summed E-state index contributed by atoms with van der Waals surface area (Å²) in [5.74, 6) is -0.142. The van der Waals surface area contributed by atoms with Crippen molar-refractivity contribution in [2.24, 2.45) is 7.05 Å². The highest BCUT2D eigenvalue weighted by molar-refractivity contribution is 5.93. The van der Waals surface area contributed by atoms with Gasteiger partial charge in [-0.3, -0.25) is 4.68 Å². The first-order chi connectivity index (χ1) is 15.0. The van der Waals surface area contributed by atoms with Gasteiger partial charge in [-0.2, -0.15) is 5.10 Å². The van der Waals surface area contributed by atoms with E-state index in [9.17, 15) is 9.18 Å². The second-order valence-corrected chi connectivity index (χ2v) is 6.91. The van der Waals surface area contributed by atoms with Crippen molar-refractivity contribution in [2.75, 3.05) is 0 Å². The van der Waals surface area contributed by atoms with E-state index < -0.39 is 12.1 Å². The molecule has 1 aromatic carbocycles. The number of aromatic nitrogens is 6. The molecule has 31 heavy (non-hydrogen) atoms. The average Bonchev–Trinajstić information content (AvgIpc) is 3.48. The van der Waals surface area contributed by atoms with Crippen molar-refractivity contribution in [3.05, 3.63) is 54.8 Å². The first kappa shape index (κ1) is 18.7. The predicted octanol–water partition coefficient (Wildman–Crippen LogP) is 3.49. The molecule has 5 rings (SSSR count). The number of rotatable bonds is 4. The van der Waals surface area contributed by atoms with Gasteiger partial charge in [0.1, 0.15) is 29.2 Å². The maximum absolute atomic E-state index is 13.6. The fourth-order valence-electron chi connectivity index (χ4n) is 3.30. The van der Waals surface area contributed by atoms with E-state index >= 15 is 0 Å². The lowest BCUT2D eigenvalue weighted by atomic mass is 10.1. The van der Waals surface area contributed by atoms with Crippen LogP contribution in [0.15, 0.2) is 47.7 Å². The van der Waals surface area contributed by atoms with Crippen LogP contribution in [0.3, 0.4) is 0 Å². The topological polar surface area (TPSA) is 124 Å². The summed E-state index contributed by atoms with van der Waals surface area (Å²) < 4.78 is 25.5. The number of fused-ring (bicyclic) bond motifs is 2. The van der Waals surface area contributed by atoms with E-state index in [0.717, 1.165) is 5.39 Å². The number of aryl methyl sites for hydroxylation is 1. The van der Waals surface area contributed by atoms with Crippen LogP contribution in [-0.2, 0) is 7.05 Å². The Balaban J connectivity index is 1.46. The monoisotopic (exact) mass is 421 g/mol. The third-order valence-corrected chi connectivity index (χ3v) is 4.83. The van der Waals surface area contributed by atoms with Crippen LogP contribution in [0.1, 0.15) is 18.7 Å². The maximum atomic E-state index is 13.6. The van der Waals surface area contributed by atoms with Gasteiger partial charge in [-0.05, 0) is 25.1 Å². The van der Waals surface area contributed by atoms with Crippen LogP contribution in [0.25, 0.3) is 33.5 Å². The van der Waals surface area contributed by atoms with E-state index in [0.29, 0.717) is 33.8 Å². The van der Waals surface area contributed by atoms with Gasteiger partial charge in [0.25, 0.3) is 0 Å². The zero-order valence-corrected chi connectivity index (χ0v) is 16.5. The Morgan fingerprint density at radius 3 is 3.03 bits per heavy atom. The lowest BCUT2D eigenvalue weighted by Crippen LogP contribution is -2.29. The van der Waals surface area contributed by atoms with Gasteiger partial charge >= 0.3 is 6.09 Å². The number of hydrogen-bond donors (Lipinski definition) is 2. The van der Waals surface area contributed by atoms with Crippen molar-refractivity contribution in [3.8, 4) is 17.1 Å². The minimum absolute atomic E-state index is 0.209. The minimum Gasteiger partial charge on any atom is -0.451 e. The molecule has 2 N–H and O–H groups in total. The summed E-state index contributed by atoms with van der Waals surface area (Å²) in [7, 11) is 1.72. The molecular weight excluding hydrogens is 405 g/mol. The Bertz CT molecular complexity index is 1410. The molecule has 0 bridgehead atoms. The number of carbonyl (C=O) groups is 1. The summed E-state index contributed by atoms with van der Waals surface area (Å²) in [5.41, 5.74) is 3.01. The zero-order valence-electron chi connectivity index (χ0n) is 16.5. The number of oxazole rings is 1. The first-order valence-electron chi connectivity index (χ1n) is 9.33. The van der Waals surface area contributed by atoms with Gasteiger partial charge in [-0.15, -0.1) is 0 Å². The van der Waals surface area contributed by atoms with Crippen LogP contribution >= 0.6 is 0 Å². The molecule has 10 nitrogen and oxygen atoms in total. The lowest BCUT2D eigenvalue weighted by molar-refractivity contribution is 0.197. The molecule has 0 aliphatic rings. The molecule has 0 saturated carbocycles. The minimum atomic E-state index is -0.678. The molecular formula is C20H16FN7O3. The summed E-state index contributed by atoms with van der Waals surface area (Å²) in [6.07, 6.45) is 5.10. The maximum Gasteiger partial charge on any atom is 0.413 e. The molecule has 0 saturated heterocycles. The molecule has 0 fully saturated rings. The van der Waals surface area contributed by atoms with Gasteiger partial charge in [-0.25, -0.2) is 24.1 Å². The summed E-state index contributed by atoms with van der Waals surface area (Å²) in [5, 5.41) is 7.85. The Morgan fingerprint density at radius 1 is 1.35 bits per heavy atom. The van der Waals surface area contributed by atoms with Gasteiger partial charge in [0.15, 0.2) is 23.3 Å². The van der Waals surface area contributed by atoms with Crippen molar-refractivity contribution in [2.45, 2.75) is 13.0 Å². The Hall–Kier alpha value is -4.28. The van der Waals surface area contributed by atoms with E-state index in [1.54, 1.807) is 30.9 Å². The number of H-pyrrole nitrogens is 1. The fourth-order valence-corrected chi connectivity index (χ4v) is 3.30. The van der Waals surface area contributed by atoms with Gasteiger partial charge < -0.3 is 19.5 Å². The molecule has 11 heteroatoms. The van der Waals surface area contributed by atoms with Crippen LogP contribution in [0.2, 0.25) is 0 Å². The van der Waals surface area contributed by atoms with Gasteiger partial charge in [0, 0.05) is 18.6 Å². The Morgan fingerprint density at radius 2 is 2.23 bits per heavy atom. The molecule has 156 valence electrons. The van der Waals surface area contributed by atoms with Crippen molar-refractivity contribution in [1.82, 2.24) is 35.0 Å². The number of halogens is 1. The molecule has 0 aliphatic heterocycles. The quantitative estimate of drug-likeness (QED) is 0.455. The highest BCUT2D eigenvalue weighted by atomic mass is 19.1. The fraction of sp³-hybridized carbons (Fsp3) is 0.150. The van der Waals surface area contributed by atoms with E-state index in [1.807, 2.05) is 0 Å². The first-order valence-corrected chi connectivity index (χ1v) is 9.33. The number of carbonyl (C=O) groups excluding carboxylic acids is 1. The Labute approximate surface area is 174 Å². The van der Waals surface area contributed by atoms with Gasteiger partial charge in [0.05, 0.1) is 17.8 Å². The van der Waals surface area contributed by atoms with Crippen LogP contribution in [0.5, 0.6) is 5.75 Å². The molecule has 0 aliphatic carbocycles. The number of hydrogen-bond acceptors (Lipinski definition) is 7.